The molecule has 3 aromatic carbocycles. The molecule has 0 radical (unpaired) electrons. The molecule has 1 aromatic heterocycles. The lowest BCUT2D eigenvalue weighted by Gasteiger charge is -2.46. The molecule has 8 heteroatoms. The van der Waals surface area contributed by atoms with Crippen LogP contribution in [-0.2, 0) is 23.4 Å². The highest BCUT2D eigenvalue weighted by Crippen LogP contribution is 2.42. The minimum absolute atomic E-state index is 0.0794. The van der Waals surface area contributed by atoms with E-state index in [0.717, 1.165) is 67.3 Å². The molecule has 4 aromatic rings. The standard InChI is InChI=1S/C35H41N7O/c36-35(24-27-12-4-1-5-13-27)32-33(41(26-38-32)31-16-8-11-23-43-31)39-34(37-25-28-14-6-2-7-15-28)42(35)30-19-17-29(18-20-30)40-21-9-3-10-22-40/h1-2,4-7,12-15,17-20,26,31H,3,8-11,16,21-25,36H2,(H,37,39). The summed E-state index contributed by atoms with van der Waals surface area (Å²) < 4.78 is 8.33. The Morgan fingerprint density at radius 1 is 0.837 bits per heavy atom. The van der Waals surface area contributed by atoms with Gasteiger partial charge in [-0.05, 0) is 73.9 Å². The smallest absolute Gasteiger partial charge is 0.206 e. The molecule has 43 heavy (non-hydrogen) atoms. The van der Waals surface area contributed by atoms with Gasteiger partial charge in [0.25, 0.3) is 0 Å². The number of nitrogens with two attached hydrogens (primary N) is 1. The lowest BCUT2D eigenvalue weighted by Crippen LogP contribution is -2.62. The Labute approximate surface area is 254 Å². The summed E-state index contributed by atoms with van der Waals surface area (Å²) in [7, 11) is 0. The van der Waals surface area contributed by atoms with E-state index in [1.807, 2.05) is 18.5 Å². The topological polar surface area (TPSA) is 83.9 Å². The molecule has 2 unspecified atom stereocenters. The van der Waals surface area contributed by atoms with Gasteiger partial charge in [0, 0.05) is 37.5 Å². The van der Waals surface area contributed by atoms with Crippen LogP contribution in [0.4, 0.5) is 17.2 Å². The van der Waals surface area contributed by atoms with Crippen molar-refractivity contribution in [1.82, 2.24) is 9.55 Å². The normalized spacial score (nSPS) is 23.2. The van der Waals surface area contributed by atoms with Crippen LogP contribution in [0.2, 0.25) is 0 Å². The van der Waals surface area contributed by atoms with E-state index in [0.29, 0.717) is 18.9 Å². The SMILES string of the molecule is NC1(Cc2ccccc2)c2ncn(C3CCCCO3)c2NC(=NCc2ccccc2)N1c1ccc(N2CCCCC2)cc1. The monoisotopic (exact) mass is 575 g/mol. The van der Waals surface area contributed by atoms with Gasteiger partial charge in [-0.1, -0.05) is 60.7 Å². The highest BCUT2D eigenvalue weighted by molar-refractivity contribution is 6.08. The molecule has 2 atom stereocenters. The molecule has 0 spiro atoms. The maximum Gasteiger partial charge on any atom is 0.206 e. The number of aliphatic imine (C=N–C) groups is 1. The van der Waals surface area contributed by atoms with Crippen LogP contribution in [0.25, 0.3) is 0 Å². The number of ether oxygens (including phenoxy) is 1. The first kappa shape index (κ1) is 27.7. The van der Waals surface area contributed by atoms with E-state index in [1.54, 1.807) is 0 Å². The Kier molecular flexibility index (Phi) is 7.87. The fourth-order valence-electron chi connectivity index (χ4n) is 6.67. The molecule has 3 N–H and O–H groups in total. The number of nitrogens with zero attached hydrogens (tertiary/aromatic N) is 5. The van der Waals surface area contributed by atoms with Crippen LogP contribution in [0.5, 0.6) is 0 Å². The molecule has 8 nitrogen and oxygen atoms in total. The van der Waals surface area contributed by atoms with E-state index in [9.17, 15) is 0 Å². The average Bonchev–Trinajstić information content (AvgIpc) is 3.51. The first-order valence-corrected chi connectivity index (χ1v) is 15.7. The molecule has 0 aliphatic carbocycles. The molecular weight excluding hydrogens is 534 g/mol. The molecule has 3 aliphatic heterocycles. The maximum absolute atomic E-state index is 7.64. The second-order valence-corrected chi connectivity index (χ2v) is 11.9. The Morgan fingerprint density at radius 3 is 2.23 bits per heavy atom. The fourth-order valence-corrected chi connectivity index (χ4v) is 6.67. The van der Waals surface area contributed by atoms with Crippen LogP contribution in [-0.4, -0.2) is 35.2 Å². The van der Waals surface area contributed by atoms with Gasteiger partial charge in [-0.25, -0.2) is 9.98 Å². The summed E-state index contributed by atoms with van der Waals surface area (Å²) in [5.74, 6) is 1.57. The molecule has 0 bridgehead atoms. The number of piperidine rings is 1. The number of benzene rings is 3. The largest absolute Gasteiger partial charge is 0.372 e. The molecule has 4 heterocycles. The van der Waals surface area contributed by atoms with Crippen molar-refractivity contribution in [2.24, 2.45) is 10.7 Å². The first-order chi connectivity index (χ1) is 21.2. The van der Waals surface area contributed by atoms with Gasteiger partial charge in [0.2, 0.25) is 5.96 Å². The molecular formula is C35H41N7O. The number of aromatic nitrogens is 2. The van der Waals surface area contributed by atoms with Crippen LogP contribution >= 0.6 is 0 Å². The molecule has 7 rings (SSSR count). The Balaban J connectivity index is 1.34. The predicted octanol–water partition coefficient (Wildman–Crippen LogP) is 6.42. The summed E-state index contributed by atoms with van der Waals surface area (Å²) in [4.78, 5) is 14.8. The zero-order valence-corrected chi connectivity index (χ0v) is 24.7. The van der Waals surface area contributed by atoms with Crippen molar-refractivity contribution in [3.05, 3.63) is 108 Å². The number of nitrogens with one attached hydrogen (secondary N) is 1. The van der Waals surface area contributed by atoms with E-state index >= 15 is 0 Å². The maximum atomic E-state index is 7.64. The van der Waals surface area contributed by atoms with Crippen LogP contribution in [0.3, 0.4) is 0 Å². The van der Waals surface area contributed by atoms with E-state index in [4.69, 9.17) is 20.4 Å². The molecule has 0 amide bonds. The number of anilines is 3. The second-order valence-electron chi connectivity index (χ2n) is 11.9. The molecule has 222 valence electrons. The summed E-state index contributed by atoms with van der Waals surface area (Å²) in [5, 5.41) is 3.69. The summed E-state index contributed by atoms with van der Waals surface area (Å²) in [6.45, 7) is 3.48. The quantitative estimate of drug-likeness (QED) is 0.265. The van der Waals surface area contributed by atoms with Crippen molar-refractivity contribution in [3.8, 4) is 0 Å². The van der Waals surface area contributed by atoms with Crippen molar-refractivity contribution in [3.63, 3.8) is 0 Å². The first-order valence-electron chi connectivity index (χ1n) is 15.7. The number of guanidine groups is 1. The van der Waals surface area contributed by atoms with Gasteiger partial charge in [-0.15, -0.1) is 0 Å². The van der Waals surface area contributed by atoms with Gasteiger partial charge in [0.15, 0.2) is 0 Å². The summed E-state index contributed by atoms with van der Waals surface area (Å²) in [6, 6.07) is 29.6. The highest BCUT2D eigenvalue weighted by atomic mass is 16.5. The van der Waals surface area contributed by atoms with Crippen LogP contribution in [0.1, 0.15) is 61.6 Å². The predicted molar refractivity (Wildman–Crippen MR) is 173 cm³/mol. The molecule has 2 fully saturated rings. The third-order valence-corrected chi connectivity index (χ3v) is 8.91. The number of imidazole rings is 1. The summed E-state index contributed by atoms with van der Waals surface area (Å²) in [6.07, 6.45) is 9.32. The molecule has 0 saturated carbocycles. The van der Waals surface area contributed by atoms with E-state index in [1.165, 1.54) is 24.9 Å². The number of hydrogen-bond donors (Lipinski definition) is 2. The van der Waals surface area contributed by atoms with Crippen molar-refractivity contribution < 1.29 is 4.74 Å². The van der Waals surface area contributed by atoms with Gasteiger partial charge in [-0.2, -0.15) is 0 Å². The van der Waals surface area contributed by atoms with Crippen molar-refractivity contribution >= 4 is 23.2 Å². The van der Waals surface area contributed by atoms with Crippen LogP contribution in [0.15, 0.2) is 96.2 Å². The van der Waals surface area contributed by atoms with Gasteiger partial charge in [-0.3, -0.25) is 9.47 Å². The lowest BCUT2D eigenvalue weighted by atomic mass is 9.92. The van der Waals surface area contributed by atoms with E-state index in [-0.39, 0.29) is 6.23 Å². The zero-order chi connectivity index (χ0) is 29.1. The zero-order valence-electron chi connectivity index (χ0n) is 24.7. The third-order valence-electron chi connectivity index (χ3n) is 8.91. The molecule has 2 saturated heterocycles. The number of hydrogen-bond acceptors (Lipinski definition) is 5. The van der Waals surface area contributed by atoms with Crippen molar-refractivity contribution in [2.75, 3.05) is 34.8 Å². The van der Waals surface area contributed by atoms with E-state index in [2.05, 4.69) is 92.5 Å². The fraction of sp³-hybridized carbons (Fsp3) is 0.371. The van der Waals surface area contributed by atoms with Gasteiger partial charge < -0.3 is 20.7 Å². The van der Waals surface area contributed by atoms with E-state index < -0.39 is 5.66 Å². The summed E-state index contributed by atoms with van der Waals surface area (Å²) >= 11 is 0. The number of fused-ring (bicyclic) bond motifs is 1. The van der Waals surface area contributed by atoms with Crippen molar-refractivity contribution in [2.45, 2.75) is 63.4 Å². The minimum atomic E-state index is -0.996. The van der Waals surface area contributed by atoms with Crippen LogP contribution in [0, 0.1) is 0 Å². The van der Waals surface area contributed by atoms with Gasteiger partial charge in [0.05, 0.1) is 12.9 Å². The Hall–Kier alpha value is -4.14. The third kappa shape index (κ3) is 5.65. The number of rotatable bonds is 7. The Bertz CT molecular complexity index is 1520. The highest BCUT2D eigenvalue weighted by Gasteiger charge is 2.47. The van der Waals surface area contributed by atoms with Gasteiger partial charge in [0.1, 0.15) is 23.4 Å². The second kappa shape index (κ2) is 12.2. The summed E-state index contributed by atoms with van der Waals surface area (Å²) in [5.41, 5.74) is 11.9. The Morgan fingerprint density at radius 2 is 1.53 bits per heavy atom. The molecule has 3 aliphatic rings. The van der Waals surface area contributed by atoms with Crippen molar-refractivity contribution in [1.29, 1.82) is 0 Å². The average molecular weight is 576 g/mol. The minimum Gasteiger partial charge on any atom is -0.372 e. The lowest BCUT2D eigenvalue weighted by molar-refractivity contribution is -0.0308. The van der Waals surface area contributed by atoms with Gasteiger partial charge >= 0.3 is 0 Å². The van der Waals surface area contributed by atoms with Crippen LogP contribution < -0.4 is 20.9 Å².